The zero-order valence-electron chi connectivity index (χ0n) is 16.5. The molecule has 0 saturated carbocycles. The van der Waals surface area contributed by atoms with Crippen molar-refractivity contribution in [1.29, 1.82) is 0 Å². The van der Waals surface area contributed by atoms with Crippen molar-refractivity contribution in [2.45, 2.75) is 13.8 Å². The molecule has 0 atom stereocenters. The summed E-state index contributed by atoms with van der Waals surface area (Å²) >= 11 is 0. The molecule has 0 unspecified atom stereocenters. The first-order valence-electron chi connectivity index (χ1n) is 9.63. The highest BCUT2D eigenvalue weighted by Gasteiger charge is 2.14. The van der Waals surface area contributed by atoms with Gasteiger partial charge in [-0.25, -0.2) is 4.98 Å². The van der Waals surface area contributed by atoms with Crippen LogP contribution in [0.2, 0.25) is 0 Å². The van der Waals surface area contributed by atoms with Crippen molar-refractivity contribution in [1.82, 2.24) is 30.1 Å². The smallest absolute Gasteiger partial charge is 0.226 e. The van der Waals surface area contributed by atoms with E-state index in [4.69, 9.17) is 0 Å². The van der Waals surface area contributed by atoms with Gasteiger partial charge in [-0.1, -0.05) is 13.8 Å². The van der Waals surface area contributed by atoms with Crippen LogP contribution in [0, 0.1) is 5.92 Å². The molecule has 5 aromatic heterocycles. The molecule has 0 aromatic carbocycles. The summed E-state index contributed by atoms with van der Waals surface area (Å²) in [6.07, 6.45) is 6.92. The van der Waals surface area contributed by atoms with E-state index in [2.05, 4.69) is 35.5 Å². The maximum Gasteiger partial charge on any atom is 0.226 e. The molecule has 3 N–H and O–H groups in total. The second kappa shape index (κ2) is 7.07. The van der Waals surface area contributed by atoms with Crippen LogP contribution in [0.1, 0.15) is 13.8 Å². The molecular weight excluding hydrogens is 378 g/mol. The van der Waals surface area contributed by atoms with Crippen LogP contribution < -0.4 is 5.32 Å². The minimum atomic E-state index is -0.106. The third-order valence-electron chi connectivity index (χ3n) is 4.92. The number of anilines is 1. The van der Waals surface area contributed by atoms with E-state index in [-0.39, 0.29) is 11.8 Å². The Balaban J connectivity index is 1.55. The van der Waals surface area contributed by atoms with Crippen LogP contribution in [-0.4, -0.2) is 36.0 Å². The fourth-order valence-corrected chi connectivity index (χ4v) is 3.30. The number of carbonyl (C=O) groups excluding carboxylic acids is 1. The van der Waals surface area contributed by atoms with Gasteiger partial charge in [0.1, 0.15) is 5.69 Å². The van der Waals surface area contributed by atoms with Crippen LogP contribution in [0.15, 0.2) is 55.1 Å². The number of nitrogens with one attached hydrogen (secondary N) is 3. The van der Waals surface area contributed by atoms with Gasteiger partial charge in [-0.3, -0.25) is 19.9 Å². The molecule has 8 heteroatoms. The zero-order valence-corrected chi connectivity index (χ0v) is 16.5. The van der Waals surface area contributed by atoms with Crippen LogP contribution in [0.3, 0.4) is 0 Å². The largest absolute Gasteiger partial charge is 0.352 e. The lowest BCUT2D eigenvalue weighted by atomic mass is 10.1. The Morgan fingerprint density at radius 3 is 2.77 bits per heavy atom. The molecule has 0 bridgehead atoms. The van der Waals surface area contributed by atoms with Crippen LogP contribution >= 0.6 is 0 Å². The van der Waals surface area contributed by atoms with Gasteiger partial charge in [0.25, 0.3) is 0 Å². The van der Waals surface area contributed by atoms with Gasteiger partial charge in [-0.15, -0.1) is 0 Å². The van der Waals surface area contributed by atoms with Crippen molar-refractivity contribution in [3.05, 3.63) is 55.1 Å². The van der Waals surface area contributed by atoms with Crippen LogP contribution in [0.25, 0.3) is 44.6 Å². The third-order valence-corrected chi connectivity index (χ3v) is 4.92. The first kappa shape index (κ1) is 18.0. The van der Waals surface area contributed by atoms with E-state index in [1.807, 2.05) is 44.2 Å². The lowest BCUT2D eigenvalue weighted by molar-refractivity contribution is -0.118. The Morgan fingerprint density at radius 2 is 1.93 bits per heavy atom. The van der Waals surface area contributed by atoms with Gasteiger partial charge >= 0.3 is 0 Å². The molecule has 0 aliphatic carbocycles. The molecule has 5 heterocycles. The van der Waals surface area contributed by atoms with Crippen molar-refractivity contribution < 1.29 is 4.79 Å². The number of pyridine rings is 3. The molecule has 148 valence electrons. The lowest BCUT2D eigenvalue weighted by Crippen LogP contribution is -2.17. The van der Waals surface area contributed by atoms with Gasteiger partial charge in [-0.2, -0.15) is 5.10 Å². The minimum Gasteiger partial charge on any atom is -0.352 e. The monoisotopic (exact) mass is 397 g/mol. The van der Waals surface area contributed by atoms with Crippen molar-refractivity contribution in [2.75, 3.05) is 5.32 Å². The molecule has 5 rings (SSSR count). The van der Waals surface area contributed by atoms with E-state index in [1.165, 1.54) is 0 Å². The van der Waals surface area contributed by atoms with Gasteiger partial charge in [-0.05, 0) is 30.3 Å². The van der Waals surface area contributed by atoms with Crippen molar-refractivity contribution in [2.24, 2.45) is 5.92 Å². The summed E-state index contributed by atoms with van der Waals surface area (Å²) in [6, 6.07) is 9.76. The predicted molar refractivity (Wildman–Crippen MR) is 116 cm³/mol. The average molecular weight is 397 g/mol. The molecule has 0 aliphatic heterocycles. The minimum absolute atomic E-state index is 0.0490. The summed E-state index contributed by atoms with van der Waals surface area (Å²) in [4.78, 5) is 28.5. The summed E-state index contributed by atoms with van der Waals surface area (Å²) < 4.78 is 0. The van der Waals surface area contributed by atoms with Crippen LogP contribution in [0.5, 0.6) is 0 Å². The first-order chi connectivity index (χ1) is 14.6. The van der Waals surface area contributed by atoms with E-state index in [0.29, 0.717) is 11.3 Å². The fraction of sp³-hybridized carbons (Fsp3) is 0.136. The number of hydrogen-bond acceptors (Lipinski definition) is 5. The molecule has 30 heavy (non-hydrogen) atoms. The highest BCUT2D eigenvalue weighted by atomic mass is 16.1. The number of hydrogen-bond donors (Lipinski definition) is 3. The number of amides is 1. The zero-order chi connectivity index (χ0) is 20.7. The van der Waals surface area contributed by atoms with Gasteiger partial charge in [0.2, 0.25) is 5.91 Å². The average Bonchev–Trinajstić information content (AvgIpc) is 3.37. The Labute approximate surface area is 171 Å². The maximum absolute atomic E-state index is 12.0. The summed E-state index contributed by atoms with van der Waals surface area (Å²) in [5, 5.41) is 11.2. The van der Waals surface area contributed by atoms with Crippen molar-refractivity contribution >= 4 is 33.7 Å². The lowest BCUT2D eigenvalue weighted by Gasteiger charge is -2.09. The molecule has 8 nitrogen and oxygen atoms in total. The molecular formula is C22H19N7O. The van der Waals surface area contributed by atoms with Crippen LogP contribution in [0.4, 0.5) is 5.69 Å². The number of fused-ring (bicyclic) bond motifs is 2. The molecule has 0 fully saturated rings. The number of H-pyrrole nitrogens is 2. The molecule has 0 aliphatic rings. The topological polar surface area (TPSA) is 112 Å². The highest BCUT2D eigenvalue weighted by Crippen LogP contribution is 2.30. The molecule has 1 amide bonds. The molecule has 0 radical (unpaired) electrons. The number of aromatic amines is 2. The summed E-state index contributed by atoms with van der Waals surface area (Å²) in [7, 11) is 0. The van der Waals surface area contributed by atoms with E-state index >= 15 is 0 Å². The van der Waals surface area contributed by atoms with Gasteiger partial charge < -0.3 is 10.3 Å². The van der Waals surface area contributed by atoms with E-state index < -0.39 is 0 Å². The molecule has 5 aromatic rings. The van der Waals surface area contributed by atoms with E-state index in [1.54, 1.807) is 24.8 Å². The number of rotatable bonds is 4. The fourth-order valence-electron chi connectivity index (χ4n) is 3.30. The molecule has 0 saturated heterocycles. The van der Waals surface area contributed by atoms with E-state index in [0.717, 1.165) is 38.9 Å². The number of nitrogens with zero attached hydrogens (tertiary/aromatic N) is 4. The predicted octanol–water partition coefficient (Wildman–Crippen LogP) is 4.16. The normalized spacial score (nSPS) is 11.4. The Morgan fingerprint density at radius 1 is 1.07 bits per heavy atom. The Bertz CT molecular complexity index is 1350. The van der Waals surface area contributed by atoms with Crippen LogP contribution in [-0.2, 0) is 4.79 Å². The maximum atomic E-state index is 12.0. The van der Waals surface area contributed by atoms with E-state index in [9.17, 15) is 4.79 Å². The summed E-state index contributed by atoms with van der Waals surface area (Å²) in [5.41, 5.74) is 6.55. The number of carbonyl (C=O) groups is 1. The first-order valence-corrected chi connectivity index (χ1v) is 9.63. The van der Waals surface area contributed by atoms with Gasteiger partial charge in [0.05, 0.1) is 28.6 Å². The standard InChI is InChI=1S/C22H19N7O/c1-12(2)22(30)26-15-6-13(9-23-11-15)14-7-16-20(28-29-21(16)25-10-14)19-8-18-17(27-19)4-3-5-24-18/h3-12,27H,1-2H3,(H,26,30)(H,25,28,29). The van der Waals surface area contributed by atoms with Gasteiger partial charge in [0.15, 0.2) is 5.65 Å². The number of aromatic nitrogens is 6. The van der Waals surface area contributed by atoms with Crippen molar-refractivity contribution in [3.8, 4) is 22.5 Å². The Hall–Kier alpha value is -4.07. The second-order valence-electron chi connectivity index (χ2n) is 7.42. The third kappa shape index (κ3) is 3.18. The van der Waals surface area contributed by atoms with Crippen molar-refractivity contribution in [3.63, 3.8) is 0 Å². The quantitative estimate of drug-likeness (QED) is 0.422. The Kier molecular flexibility index (Phi) is 4.24. The summed E-state index contributed by atoms with van der Waals surface area (Å²) in [5.74, 6) is -0.155. The van der Waals surface area contributed by atoms with Gasteiger partial charge in [0, 0.05) is 41.0 Å². The highest BCUT2D eigenvalue weighted by molar-refractivity contribution is 5.96. The SMILES string of the molecule is CC(C)C(=O)Nc1cncc(-c2cnc3[nH]nc(-c4cc5ncccc5[nH]4)c3c2)c1. The second-order valence-corrected chi connectivity index (χ2v) is 7.42. The molecule has 0 spiro atoms. The summed E-state index contributed by atoms with van der Waals surface area (Å²) in [6.45, 7) is 3.70.